The maximum Gasteiger partial charge on any atom is 0.371 e. The summed E-state index contributed by atoms with van der Waals surface area (Å²) in [7, 11) is -4.01. The molecule has 0 spiro atoms. The van der Waals surface area contributed by atoms with E-state index < -0.39 is 21.8 Å². The summed E-state index contributed by atoms with van der Waals surface area (Å²) in [6.45, 7) is 2.98. The van der Waals surface area contributed by atoms with E-state index in [1.807, 2.05) is 0 Å². The first-order chi connectivity index (χ1) is 8.79. The number of rotatable bonds is 4. The number of carbonyl (C=O) groups is 1. The van der Waals surface area contributed by atoms with Crippen molar-refractivity contribution in [2.75, 3.05) is 4.72 Å². The highest BCUT2D eigenvalue weighted by Crippen LogP contribution is 2.22. The van der Waals surface area contributed by atoms with Crippen LogP contribution in [0.1, 0.15) is 22.0 Å². The SMILES string of the molecule is Cc1coc(NS(=O)(=O)c2cc(C(=O)O)oc2C)n1. The Balaban J connectivity index is 2.37. The Morgan fingerprint density at radius 1 is 1.42 bits per heavy atom. The molecule has 19 heavy (non-hydrogen) atoms. The summed E-state index contributed by atoms with van der Waals surface area (Å²) in [4.78, 5) is 14.2. The van der Waals surface area contributed by atoms with Crippen molar-refractivity contribution in [3.8, 4) is 0 Å². The van der Waals surface area contributed by atoms with E-state index in [0.717, 1.165) is 6.07 Å². The van der Waals surface area contributed by atoms with Crippen molar-refractivity contribution in [1.29, 1.82) is 0 Å². The summed E-state index contributed by atoms with van der Waals surface area (Å²) in [6.07, 6.45) is 1.28. The minimum atomic E-state index is -4.01. The Morgan fingerprint density at radius 3 is 2.58 bits per heavy atom. The van der Waals surface area contributed by atoms with E-state index in [-0.39, 0.29) is 16.7 Å². The van der Waals surface area contributed by atoms with E-state index in [9.17, 15) is 13.2 Å². The van der Waals surface area contributed by atoms with Crippen LogP contribution in [0.2, 0.25) is 0 Å². The molecule has 9 heteroatoms. The molecule has 0 bridgehead atoms. The lowest BCUT2D eigenvalue weighted by Crippen LogP contribution is -2.13. The lowest BCUT2D eigenvalue weighted by molar-refractivity contribution is 0.0661. The van der Waals surface area contributed by atoms with Crippen LogP contribution in [0.5, 0.6) is 0 Å². The minimum absolute atomic E-state index is 0.0341. The number of nitrogens with one attached hydrogen (secondary N) is 1. The number of carboxylic acid groups (broad SMARTS) is 1. The lowest BCUT2D eigenvalue weighted by Gasteiger charge is -2.01. The zero-order valence-electron chi connectivity index (χ0n) is 10.00. The first kappa shape index (κ1) is 13.1. The van der Waals surface area contributed by atoms with Crippen molar-refractivity contribution >= 4 is 22.0 Å². The Kier molecular flexibility index (Phi) is 3.06. The van der Waals surface area contributed by atoms with Crippen LogP contribution < -0.4 is 4.72 Å². The van der Waals surface area contributed by atoms with Crippen LogP contribution in [-0.4, -0.2) is 24.5 Å². The molecule has 0 unspecified atom stereocenters. The van der Waals surface area contributed by atoms with Crippen LogP contribution in [0.3, 0.4) is 0 Å². The highest BCUT2D eigenvalue weighted by Gasteiger charge is 2.25. The van der Waals surface area contributed by atoms with Crippen LogP contribution >= 0.6 is 0 Å². The van der Waals surface area contributed by atoms with E-state index in [1.54, 1.807) is 6.92 Å². The van der Waals surface area contributed by atoms with Gasteiger partial charge in [0.05, 0.1) is 5.69 Å². The number of aromatic carboxylic acids is 1. The molecule has 0 saturated heterocycles. The predicted molar refractivity (Wildman–Crippen MR) is 62.5 cm³/mol. The number of furan rings is 1. The first-order valence-corrected chi connectivity index (χ1v) is 6.56. The van der Waals surface area contributed by atoms with Gasteiger partial charge in [-0.3, -0.25) is 0 Å². The normalized spacial score (nSPS) is 11.5. The van der Waals surface area contributed by atoms with Crippen LogP contribution in [0.25, 0.3) is 0 Å². The van der Waals surface area contributed by atoms with Gasteiger partial charge in [-0.15, -0.1) is 0 Å². The Hall–Kier alpha value is -2.29. The molecule has 102 valence electrons. The Bertz CT molecular complexity index is 727. The van der Waals surface area contributed by atoms with Gasteiger partial charge in [-0.25, -0.2) is 17.9 Å². The highest BCUT2D eigenvalue weighted by atomic mass is 32.2. The molecule has 2 aromatic heterocycles. The van der Waals surface area contributed by atoms with Crippen molar-refractivity contribution in [3.63, 3.8) is 0 Å². The molecule has 0 aliphatic rings. The zero-order chi connectivity index (χ0) is 14.2. The van der Waals surface area contributed by atoms with E-state index in [0.29, 0.717) is 5.69 Å². The van der Waals surface area contributed by atoms with Gasteiger partial charge in [-0.2, -0.15) is 4.98 Å². The van der Waals surface area contributed by atoms with Gasteiger partial charge in [-0.1, -0.05) is 0 Å². The van der Waals surface area contributed by atoms with Crippen molar-refractivity contribution in [3.05, 3.63) is 29.5 Å². The third-order valence-corrected chi connectivity index (χ3v) is 3.64. The number of aromatic nitrogens is 1. The topological polar surface area (TPSA) is 123 Å². The number of oxazole rings is 1. The van der Waals surface area contributed by atoms with Gasteiger partial charge >= 0.3 is 12.0 Å². The van der Waals surface area contributed by atoms with Crippen LogP contribution in [0.15, 0.2) is 26.1 Å². The van der Waals surface area contributed by atoms with Crippen molar-refractivity contribution < 1.29 is 27.2 Å². The average Bonchev–Trinajstić information content (AvgIpc) is 2.85. The highest BCUT2D eigenvalue weighted by molar-refractivity contribution is 7.92. The second-order valence-corrected chi connectivity index (χ2v) is 5.39. The molecule has 2 heterocycles. The second kappa shape index (κ2) is 4.43. The maximum atomic E-state index is 12.0. The van der Waals surface area contributed by atoms with E-state index in [2.05, 4.69) is 9.71 Å². The van der Waals surface area contributed by atoms with E-state index in [1.165, 1.54) is 13.2 Å². The van der Waals surface area contributed by atoms with E-state index in [4.69, 9.17) is 13.9 Å². The summed E-state index contributed by atoms with van der Waals surface area (Å²) < 4.78 is 35.8. The number of sulfonamides is 1. The monoisotopic (exact) mass is 286 g/mol. The summed E-state index contributed by atoms with van der Waals surface area (Å²) in [5.74, 6) is -1.84. The van der Waals surface area contributed by atoms with Crippen LogP contribution in [0, 0.1) is 13.8 Å². The molecule has 0 fully saturated rings. The number of carboxylic acids is 1. The molecule has 0 saturated carbocycles. The molecule has 0 atom stereocenters. The van der Waals surface area contributed by atoms with Gasteiger partial charge in [0.25, 0.3) is 10.0 Å². The summed E-state index contributed by atoms with van der Waals surface area (Å²) in [5, 5.41) is 8.74. The van der Waals surface area contributed by atoms with Gasteiger partial charge in [-0.05, 0) is 13.8 Å². The molecule has 8 nitrogen and oxygen atoms in total. The van der Waals surface area contributed by atoms with Crippen molar-refractivity contribution in [1.82, 2.24) is 4.98 Å². The van der Waals surface area contributed by atoms with Crippen molar-refractivity contribution in [2.24, 2.45) is 0 Å². The average molecular weight is 286 g/mol. The minimum Gasteiger partial charge on any atom is -0.475 e. The van der Waals surface area contributed by atoms with Gasteiger partial charge in [0.1, 0.15) is 16.9 Å². The zero-order valence-corrected chi connectivity index (χ0v) is 10.8. The van der Waals surface area contributed by atoms with Gasteiger partial charge in [0.2, 0.25) is 5.76 Å². The lowest BCUT2D eigenvalue weighted by atomic mass is 10.4. The first-order valence-electron chi connectivity index (χ1n) is 5.08. The number of aryl methyl sites for hydroxylation is 2. The Morgan fingerprint density at radius 2 is 2.11 bits per heavy atom. The standard InChI is InChI=1S/C10H10N2O6S/c1-5-4-17-10(11-5)12-19(15,16)8-3-7(9(13)14)18-6(8)2/h3-4H,1-2H3,(H,11,12)(H,13,14). The van der Waals surface area contributed by atoms with Crippen LogP contribution in [-0.2, 0) is 10.0 Å². The number of hydrogen-bond acceptors (Lipinski definition) is 6. The summed E-state index contributed by atoms with van der Waals surface area (Å²) in [5.41, 5.74) is 0.507. The largest absolute Gasteiger partial charge is 0.475 e. The number of hydrogen-bond donors (Lipinski definition) is 2. The fourth-order valence-corrected chi connectivity index (χ4v) is 2.52. The van der Waals surface area contributed by atoms with Crippen LogP contribution in [0.4, 0.5) is 6.01 Å². The van der Waals surface area contributed by atoms with Crippen molar-refractivity contribution in [2.45, 2.75) is 18.7 Å². The second-order valence-electron chi connectivity index (χ2n) is 3.74. The quantitative estimate of drug-likeness (QED) is 0.870. The number of nitrogens with zero attached hydrogens (tertiary/aromatic N) is 1. The van der Waals surface area contributed by atoms with Gasteiger partial charge < -0.3 is 13.9 Å². The molecule has 2 N–H and O–H groups in total. The molecule has 0 aromatic carbocycles. The summed E-state index contributed by atoms with van der Waals surface area (Å²) >= 11 is 0. The smallest absolute Gasteiger partial charge is 0.371 e. The molecule has 0 amide bonds. The Labute approximate surface area is 108 Å². The third kappa shape index (κ3) is 2.60. The molecule has 0 aliphatic heterocycles. The molecular weight excluding hydrogens is 276 g/mol. The predicted octanol–water partition coefficient (Wildman–Crippen LogP) is 1.38. The molecule has 0 radical (unpaired) electrons. The maximum absolute atomic E-state index is 12.0. The number of anilines is 1. The molecule has 2 rings (SSSR count). The fourth-order valence-electron chi connectivity index (χ4n) is 1.41. The molecular formula is C10H10N2O6S. The third-order valence-electron chi connectivity index (χ3n) is 2.21. The van der Waals surface area contributed by atoms with E-state index >= 15 is 0 Å². The summed E-state index contributed by atoms with van der Waals surface area (Å²) in [6, 6.07) is 0.727. The van der Waals surface area contributed by atoms with Gasteiger partial charge in [0, 0.05) is 6.07 Å². The molecule has 0 aliphatic carbocycles. The van der Waals surface area contributed by atoms with Gasteiger partial charge in [0.15, 0.2) is 0 Å². The molecule has 2 aromatic rings. The fraction of sp³-hybridized carbons (Fsp3) is 0.200.